The van der Waals surface area contributed by atoms with Gasteiger partial charge in [0.2, 0.25) is 11.8 Å². The van der Waals surface area contributed by atoms with E-state index in [9.17, 15) is 31.5 Å². The topological polar surface area (TPSA) is 127 Å². The molecule has 3 aromatic rings. The van der Waals surface area contributed by atoms with E-state index in [0.29, 0.717) is 29.9 Å². The summed E-state index contributed by atoms with van der Waals surface area (Å²) in [5, 5.41) is 16.6. The first-order valence-corrected chi connectivity index (χ1v) is 12.2. The highest BCUT2D eigenvalue weighted by Crippen LogP contribution is 2.34. The van der Waals surface area contributed by atoms with Crippen LogP contribution < -0.4 is 10.6 Å². The Labute approximate surface area is 212 Å². The van der Waals surface area contributed by atoms with Gasteiger partial charge in [0, 0.05) is 44.2 Å². The largest absolute Gasteiger partial charge is 0.393 e. The molecule has 0 spiro atoms. The van der Waals surface area contributed by atoms with E-state index in [0.717, 1.165) is 0 Å². The quantitative estimate of drug-likeness (QED) is 0.460. The fourth-order valence-corrected chi connectivity index (χ4v) is 4.96. The van der Waals surface area contributed by atoms with Gasteiger partial charge in [0.25, 0.3) is 5.91 Å². The molecule has 1 saturated heterocycles. The highest BCUT2D eigenvalue weighted by atomic mass is 19.4. The van der Waals surface area contributed by atoms with Gasteiger partial charge in [0.15, 0.2) is 11.3 Å². The summed E-state index contributed by atoms with van der Waals surface area (Å²) in [5.74, 6) is -6.42. The lowest BCUT2D eigenvalue weighted by Gasteiger charge is -2.30. The Hall–Kier alpha value is -3.65. The van der Waals surface area contributed by atoms with E-state index >= 15 is 0 Å². The molecule has 4 heterocycles. The Balaban J connectivity index is 1.26. The zero-order valence-corrected chi connectivity index (χ0v) is 20.0. The van der Waals surface area contributed by atoms with Crippen molar-refractivity contribution in [1.82, 2.24) is 35.5 Å². The first-order chi connectivity index (χ1) is 18.0. The summed E-state index contributed by atoms with van der Waals surface area (Å²) in [7, 11) is 0. The van der Waals surface area contributed by atoms with Crippen LogP contribution in [0.3, 0.4) is 0 Å². The van der Waals surface area contributed by atoms with Gasteiger partial charge < -0.3 is 10.6 Å². The van der Waals surface area contributed by atoms with E-state index < -0.39 is 54.8 Å². The van der Waals surface area contributed by atoms with Crippen molar-refractivity contribution in [2.24, 2.45) is 11.8 Å². The summed E-state index contributed by atoms with van der Waals surface area (Å²) < 4.78 is 72.9. The molecular formula is C23H24F5N7O3. The highest BCUT2D eigenvalue weighted by Gasteiger charge is 2.44. The van der Waals surface area contributed by atoms with Crippen molar-refractivity contribution in [3.05, 3.63) is 41.1 Å². The van der Waals surface area contributed by atoms with E-state index in [4.69, 9.17) is 4.63 Å². The second kappa shape index (κ2) is 9.91. The second-order valence-electron chi connectivity index (χ2n) is 9.84. The number of carbonyl (C=O) groups is 2. The molecule has 5 rings (SSSR count). The molecule has 38 heavy (non-hydrogen) atoms. The minimum atomic E-state index is -4.39. The number of amides is 2. The smallest absolute Gasteiger partial charge is 0.355 e. The first-order valence-electron chi connectivity index (χ1n) is 12.2. The van der Waals surface area contributed by atoms with Gasteiger partial charge in [-0.25, -0.2) is 22.9 Å². The van der Waals surface area contributed by atoms with Crippen LogP contribution in [0.4, 0.5) is 22.0 Å². The molecule has 3 aromatic heterocycles. The van der Waals surface area contributed by atoms with Crippen molar-refractivity contribution in [2.75, 3.05) is 6.54 Å². The molecule has 1 saturated carbocycles. The minimum absolute atomic E-state index is 0.0274. The van der Waals surface area contributed by atoms with Crippen LogP contribution in [0.1, 0.15) is 59.7 Å². The van der Waals surface area contributed by atoms with Crippen molar-refractivity contribution in [3.63, 3.8) is 0 Å². The van der Waals surface area contributed by atoms with Crippen LogP contribution in [0.5, 0.6) is 0 Å². The van der Waals surface area contributed by atoms with E-state index in [-0.39, 0.29) is 37.1 Å². The Morgan fingerprint density at radius 1 is 1.24 bits per heavy atom. The highest BCUT2D eigenvalue weighted by molar-refractivity contribution is 5.93. The standard InChI is InChI=1S/C23H24F5N7O3/c24-22(25)5-1-2-15(9-22)31-21(37)19-17(33-38-34-19)8-16-11-35-18(30-16)4-3-14(32-35)7-12-6-13(23(26,27)28)10-29-20(12)36/h3-4,11-13,15H,1-2,5-10H2,(H,29,36)(H,31,37)/t12-,13-,15-/m0/s1. The van der Waals surface area contributed by atoms with E-state index in [1.54, 1.807) is 18.3 Å². The number of nitrogens with one attached hydrogen (secondary N) is 2. The predicted molar refractivity (Wildman–Crippen MR) is 119 cm³/mol. The maximum atomic E-state index is 13.7. The molecule has 0 radical (unpaired) electrons. The van der Waals surface area contributed by atoms with Gasteiger partial charge in [0.05, 0.1) is 23.5 Å². The van der Waals surface area contributed by atoms with Crippen LogP contribution >= 0.6 is 0 Å². The van der Waals surface area contributed by atoms with Crippen LogP contribution in [0.25, 0.3) is 5.65 Å². The number of rotatable bonds is 6. The van der Waals surface area contributed by atoms with Crippen LogP contribution in [-0.4, -0.2) is 61.4 Å². The molecule has 0 bridgehead atoms. The third kappa shape index (κ3) is 5.75. The Kier molecular flexibility index (Phi) is 6.77. The molecule has 2 fully saturated rings. The second-order valence-corrected chi connectivity index (χ2v) is 9.84. The molecule has 0 unspecified atom stereocenters. The van der Waals surface area contributed by atoms with Crippen molar-refractivity contribution in [1.29, 1.82) is 0 Å². The minimum Gasteiger partial charge on any atom is -0.355 e. The van der Waals surface area contributed by atoms with E-state index in [2.05, 4.69) is 31.0 Å². The molecule has 2 N–H and O–H groups in total. The first kappa shape index (κ1) is 26.0. The number of alkyl halides is 5. The number of hydrogen-bond acceptors (Lipinski definition) is 7. The summed E-state index contributed by atoms with van der Waals surface area (Å²) >= 11 is 0. The molecule has 1 aliphatic heterocycles. The number of carbonyl (C=O) groups excluding carboxylic acids is 2. The van der Waals surface area contributed by atoms with E-state index in [1.165, 1.54) is 4.52 Å². The molecule has 3 atom stereocenters. The number of piperidine rings is 1. The fourth-order valence-electron chi connectivity index (χ4n) is 4.96. The summed E-state index contributed by atoms with van der Waals surface area (Å²) in [6, 6.07) is 2.52. The monoisotopic (exact) mass is 541 g/mol. The van der Waals surface area contributed by atoms with Crippen LogP contribution in [0.2, 0.25) is 0 Å². The van der Waals surface area contributed by atoms with Crippen LogP contribution in [0, 0.1) is 11.8 Å². The number of halogens is 5. The summed E-state index contributed by atoms with van der Waals surface area (Å²) in [4.78, 5) is 29.2. The number of imidazole rings is 1. The van der Waals surface area contributed by atoms with Crippen molar-refractivity contribution in [2.45, 2.75) is 63.1 Å². The molecule has 0 aromatic carbocycles. The van der Waals surface area contributed by atoms with Gasteiger partial charge in [0.1, 0.15) is 5.69 Å². The maximum absolute atomic E-state index is 13.7. The molecular weight excluding hydrogens is 517 g/mol. The third-order valence-electron chi connectivity index (χ3n) is 6.90. The Morgan fingerprint density at radius 3 is 2.82 bits per heavy atom. The molecule has 2 amide bonds. The molecule has 2 aliphatic rings. The van der Waals surface area contributed by atoms with Gasteiger partial charge in [-0.3, -0.25) is 9.59 Å². The van der Waals surface area contributed by atoms with Crippen molar-refractivity contribution < 1.29 is 36.2 Å². The van der Waals surface area contributed by atoms with Gasteiger partial charge in [-0.05, 0) is 36.6 Å². The predicted octanol–water partition coefficient (Wildman–Crippen LogP) is 2.87. The maximum Gasteiger partial charge on any atom is 0.393 e. The van der Waals surface area contributed by atoms with Crippen molar-refractivity contribution >= 4 is 17.5 Å². The molecule has 10 nitrogen and oxygen atoms in total. The number of aromatic nitrogens is 5. The lowest BCUT2D eigenvalue weighted by atomic mass is 9.86. The van der Waals surface area contributed by atoms with E-state index in [1.807, 2.05) is 0 Å². The van der Waals surface area contributed by atoms with Crippen LogP contribution in [-0.2, 0) is 17.6 Å². The van der Waals surface area contributed by atoms with Gasteiger partial charge >= 0.3 is 6.18 Å². The number of hydrogen-bond donors (Lipinski definition) is 2. The fraction of sp³-hybridized carbons (Fsp3) is 0.565. The summed E-state index contributed by atoms with van der Waals surface area (Å²) in [6.07, 6.45) is -3.02. The molecule has 15 heteroatoms. The lowest BCUT2D eigenvalue weighted by Crippen LogP contribution is -2.47. The zero-order chi connectivity index (χ0) is 27.1. The Bertz CT molecular complexity index is 1340. The lowest BCUT2D eigenvalue weighted by molar-refractivity contribution is -0.183. The normalized spacial score (nSPS) is 23.8. The Morgan fingerprint density at radius 2 is 2.05 bits per heavy atom. The van der Waals surface area contributed by atoms with Gasteiger partial charge in [-0.2, -0.15) is 18.3 Å². The number of fused-ring (bicyclic) bond motifs is 1. The summed E-state index contributed by atoms with van der Waals surface area (Å²) in [5.41, 5.74) is 1.31. The molecule has 1 aliphatic carbocycles. The average Bonchev–Trinajstić information content (AvgIpc) is 3.45. The molecule has 204 valence electrons. The van der Waals surface area contributed by atoms with Crippen molar-refractivity contribution in [3.8, 4) is 0 Å². The third-order valence-corrected chi connectivity index (χ3v) is 6.90. The van der Waals surface area contributed by atoms with Crippen LogP contribution in [0.15, 0.2) is 23.0 Å². The van der Waals surface area contributed by atoms with Gasteiger partial charge in [-0.1, -0.05) is 5.16 Å². The average molecular weight is 541 g/mol. The summed E-state index contributed by atoms with van der Waals surface area (Å²) in [6.45, 7) is -0.430. The number of nitrogens with zero attached hydrogens (tertiary/aromatic N) is 5. The van der Waals surface area contributed by atoms with Gasteiger partial charge in [-0.15, -0.1) is 0 Å². The zero-order valence-electron chi connectivity index (χ0n) is 20.0. The SMILES string of the molecule is O=C(N[C@H]1CCCC(F)(F)C1)c1nonc1Cc1cn2nc(C[C@@H]3C[C@H](C(F)(F)F)CNC3=O)ccc2n1.